The summed E-state index contributed by atoms with van der Waals surface area (Å²) in [4.78, 5) is 15.6. The maximum Gasteiger partial charge on any atom is 0.416 e. The van der Waals surface area contributed by atoms with Crippen LogP contribution in [0.1, 0.15) is 28.4 Å². The second kappa shape index (κ2) is 5.11. The Labute approximate surface area is 113 Å². The molecule has 0 fully saturated rings. The molecular formula is C14H12F3NO2. The van der Waals surface area contributed by atoms with Crippen molar-refractivity contribution in [3.8, 4) is 0 Å². The van der Waals surface area contributed by atoms with E-state index < -0.39 is 17.7 Å². The van der Waals surface area contributed by atoms with Crippen molar-refractivity contribution in [2.75, 3.05) is 6.61 Å². The lowest BCUT2D eigenvalue weighted by atomic mass is 10.0. The number of esters is 1. The highest BCUT2D eigenvalue weighted by atomic mass is 19.4. The van der Waals surface area contributed by atoms with Gasteiger partial charge < -0.3 is 4.74 Å². The summed E-state index contributed by atoms with van der Waals surface area (Å²) in [6.07, 6.45) is -3.17. The first-order valence-electron chi connectivity index (χ1n) is 5.98. The summed E-state index contributed by atoms with van der Waals surface area (Å²) in [6.45, 7) is 3.56. The fourth-order valence-corrected chi connectivity index (χ4v) is 1.92. The summed E-state index contributed by atoms with van der Waals surface area (Å²) in [7, 11) is 0. The van der Waals surface area contributed by atoms with Gasteiger partial charge in [0.2, 0.25) is 0 Å². The Bertz CT molecular complexity index is 665. The zero-order valence-corrected chi connectivity index (χ0v) is 10.9. The maximum absolute atomic E-state index is 12.6. The Kier molecular flexibility index (Phi) is 3.65. The molecule has 1 aromatic carbocycles. The highest BCUT2D eigenvalue weighted by molar-refractivity contribution is 5.96. The predicted octanol–water partition coefficient (Wildman–Crippen LogP) is 3.74. The molecule has 0 aliphatic heterocycles. The van der Waals surface area contributed by atoms with Crippen LogP contribution in [0.2, 0.25) is 0 Å². The number of halogens is 3. The van der Waals surface area contributed by atoms with Crippen LogP contribution in [0.15, 0.2) is 24.4 Å². The fourth-order valence-electron chi connectivity index (χ4n) is 1.92. The van der Waals surface area contributed by atoms with Crippen LogP contribution in [-0.4, -0.2) is 17.6 Å². The lowest BCUT2D eigenvalue weighted by Gasteiger charge is -2.10. The number of hydrogen-bond donors (Lipinski definition) is 0. The average Bonchev–Trinajstić information content (AvgIpc) is 2.38. The van der Waals surface area contributed by atoms with Crippen molar-refractivity contribution in [1.29, 1.82) is 0 Å². The van der Waals surface area contributed by atoms with Crippen LogP contribution in [0.25, 0.3) is 10.9 Å². The predicted molar refractivity (Wildman–Crippen MR) is 67.4 cm³/mol. The van der Waals surface area contributed by atoms with Crippen molar-refractivity contribution in [2.45, 2.75) is 20.0 Å². The van der Waals surface area contributed by atoms with Gasteiger partial charge in [0, 0.05) is 11.6 Å². The molecule has 0 aliphatic rings. The van der Waals surface area contributed by atoms with E-state index >= 15 is 0 Å². The van der Waals surface area contributed by atoms with Gasteiger partial charge in [-0.3, -0.25) is 4.98 Å². The first-order valence-corrected chi connectivity index (χ1v) is 5.98. The third-order valence-corrected chi connectivity index (χ3v) is 2.96. The van der Waals surface area contributed by atoms with E-state index in [1.807, 2.05) is 0 Å². The number of carbonyl (C=O) groups is 1. The molecule has 6 heteroatoms. The molecule has 0 aliphatic carbocycles. The van der Waals surface area contributed by atoms with Gasteiger partial charge in [0.05, 0.1) is 23.3 Å². The molecule has 106 valence electrons. The zero-order chi connectivity index (χ0) is 14.9. The zero-order valence-electron chi connectivity index (χ0n) is 10.9. The Hall–Kier alpha value is -2.11. The number of ether oxygens (including phenoxy) is 1. The number of rotatable bonds is 2. The highest BCUT2D eigenvalue weighted by Gasteiger charge is 2.30. The summed E-state index contributed by atoms with van der Waals surface area (Å²) in [6, 6.07) is 3.27. The number of pyridine rings is 1. The molecule has 0 saturated heterocycles. The third-order valence-electron chi connectivity index (χ3n) is 2.96. The molecule has 0 unspecified atom stereocenters. The molecule has 3 nitrogen and oxygen atoms in total. The first kappa shape index (κ1) is 14.3. The highest BCUT2D eigenvalue weighted by Crippen LogP contribution is 2.32. The molecule has 0 N–H and O–H groups in total. The molecule has 2 rings (SSSR count). The van der Waals surface area contributed by atoms with Crippen molar-refractivity contribution in [3.05, 3.63) is 41.1 Å². The molecule has 0 spiro atoms. The first-order chi connectivity index (χ1) is 9.34. The molecule has 0 amide bonds. The van der Waals surface area contributed by atoms with Crippen molar-refractivity contribution in [3.63, 3.8) is 0 Å². The average molecular weight is 283 g/mol. The number of nitrogens with zero attached hydrogens (tertiary/aromatic N) is 1. The smallest absolute Gasteiger partial charge is 0.416 e. The maximum atomic E-state index is 12.6. The summed E-state index contributed by atoms with van der Waals surface area (Å²) >= 11 is 0. The second-order valence-corrected chi connectivity index (χ2v) is 4.25. The minimum Gasteiger partial charge on any atom is -0.462 e. The second-order valence-electron chi connectivity index (χ2n) is 4.25. The van der Waals surface area contributed by atoms with Gasteiger partial charge in [-0.05, 0) is 31.5 Å². The van der Waals surface area contributed by atoms with Crippen LogP contribution in [0.5, 0.6) is 0 Å². The molecule has 20 heavy (non-hydrogen) atoms. The molecule has 0 saturated carbocycles. The molecular weight excluding hydrogens is 271 g/mol. The van der Waals surface area contributed by atoms with Gasteiger partial charge in [0.1, 0.15) is 0 Å². The van der Waals surface area contributed by atoms with E-state index in [-0.39, 0.29) is 17.7 Å². The number of aryl methyl sites for hydroxylation is 1. The minimum absolute atomic E-state index is 0.199. The number of aromatic nitrogens is 1. The quantitative estimate of drug-likeness (QED) is 0.788. The topological polar surface area (TPSA) is 39.2 Å². The van der Waals surface area contributed by atoms with E-state index in [0.29, 0.717) is 10.9 Å². The SMILES string of the molecule is CCOC(=O)c1cnc2cc(C(F)(F)F)ccc2c1C. The van der Waals surface area contributed by atoms with Crippen molar-refractivity contribution in [1.82, 2.24) is 4.98 Å². The van der Waals surface area contributed by atoms with Gasteiger partial charge in [-0.25, -0.2) is 4.79 Å². The Morgan fingerprint density at radius 2 is 2.05 bits per heavy atom. The number of hydrogen-bond acceptors (Lipinski definition) is 3. The number of alkyl halides is 3. The van der Waals surface area contributed by atoms with Crippen LogP contribution in [-0.2, 0) is 10.9 Å². The van der Waals surface area contributed by atoms with E-state index in [1.54, 1.807) is 13.8 Å². The van der Waals surface area contributed by atoms with Gasteiger partial charge in [0.25, 0.3) is 0 Å². The lowest BCUT2D eigenvalue weighted by Crippen LogP contribution is -2.08. The van der Waals surface area contributed by atoms with Crippen molar-refractivity contribution < 1.29 is 22.7 Å². The van der Waals surface area contributed by atoms with Gasteiger partial charge in [-0.2, -0.15) is 13.2 Å². The van der Waals surface area contributed by atoms with E-state index in [4.69, 9.17) is 4.74 Å². The summed E-state index contributed by atoms with van der Waals surface area (Å²) in [5, 5.41) is 0.503. The standard InChI is InChI=1S/C14H12F3NO2/c1-3-20-13(19)11-7-18-12-6-9(14(15,16)17)4-5-10(12)8(11)2/h4-7H,3H2,1-2H3. The van der Waals surface area contributed by atoms with Gasteiger partial charge in [0.15, 0.2) is 0 Å². The minimum atomic E-state index is -4.41. The van der Waals surface area contributed by atoms with Gasteiger partial charge in [-0.1, -0.05) is 6.07 Å². The van der Waals surface area contributed by atoms with Crippen LogP contribution >= 0.6 is 0 Å². The van der Waals surface area contributed by atoms with Gasteiger partial charge in [-0.15, -0.1) is 0 Å². The Morgan fingerprint density at radius 1 is 1.35 bits per heavy atom. The van der Waals surface area contributed by atoms with Crippen molar-refractivity contribution >= 4 is 16.9 Å². The number of fused-ring (bicyclic) bond motifs is 1. The lowest BCUT2D eigenvalue weighted by molar-refractivity contribution is -0.137. The van der Waals surface area contributed by atoms with E-state index in [0.717, 1.165) is 12.1 Å². The van der Waals surface area contributed by atoms with Gasteiger partial charge >= 0.3 is 12.1 Å². The summed E-state index contributed by atoms with van der Waals surface area (Å²) in [5.74, 6) is -0.528. The number of carbonyl (C=O) groups excluding carboxylic acids is 1. The molecule has 0 bridgehead atoms. The summed E-state index contributed by atoms with van der Waals surface area (Å²) in [5.41, 5.74) is 0.257. The molecule has 1 aromatic heterocycles. The van der Waals surface area contributed by atoms with E-state index in [1.165, 1.54) is 12.3 Å². The fraction of sp³-hybridized carbons (Fsp3) is 0.286. The molecule has 0 atom stereocenters. The van der Waals surface area contributed by atoms with Crippen LogP contribution in [0, 0.1) is 6.92 Å². The van der Waals surface area contributed by atoms with Crippen LogP contribution in [0.4, 0.5) is 13.2 Å². The molecule has 0 radical (unpaired) electrons. The van der Waals surface area contributed by atoms with E-state index in [9.17, 15) is 18.0 Å². The Morgan fingerprint density at radius 3 is 2.65 bits per heavy atom. The van der Waals surface area contributed by atoms with Crippen molar-refractivity contribution in [2.24, 2.45) is 0 Å². The van der Waals surface area contributed by atoms with Crippen LogP contribution < -0.4 is 0 Å². The third kappa shape index (κ3) is 2.59. The van der Waals surface area contributed by atoms with Crippen LogP contribution in [0.3, 0.4) is 0 Å². The number of benzene rings is 1. The van der Waals surface area contributed by atoms with E-state index in [2.05, 4.69) is 4.98 Å². The normalized spacial score (nSPS) is 11.7. The molecule has 1 heterocycles. The largest absolute Gasteiger partial charge is 0.462 e. The summed E-state index contributed by atoms with van der Waals surface area (Å²) < 4.78 is 42.7. The molecule has 2 aromatic rings. The monoisotopic (exact) mass is 283 g/mol. The Balaban J connectivity index is 2.55.